The molecule has 0 spiro atoms. The Morgan fingerprint density at radius 2 is 1.15 bits per heavy atom. The van der Waals surface area contributed by atoms with Gasteiger partial charge in [0.2, 0.25) is 0 Å². The van der Waals surface area contributed by atoms with Crippen LogP contribution < -0.4 is 0 Å². The highest BCUT2D eigenvalue weighted by Crippen LogP contribution is 2.46. The highest BCUT2D eigenvalue weighted by molar-refractivity contribution is 6.13. The minimum Gasteiger partial charge on any atom is -0.309 e. The maximum atomic E-state index is 5.13. The molecule has 0 radical (unpaired) electrons. The van der Waals surface area contributed by atoms with E-state index in [4.69, 9.17) is 9.97 Å². The Kier molecular flexibility index (Phi) is 4.61. The summed E-state index contributed by atoms with van der Waals surface area (Å²) in [6.07, 6.45) is 0. The van der Waals surface area contributed by atoms with Crippen LogP contribution >= 0.6 is 0 Å². The Bertz CT molecular complexity index is 2310. The molecule has 1 aliphatic carbocycles. The summed E-state index contributed by atoms with van der Waals surface area (Å²) in [7, 11) is 0. The summed E-state index contributed by atoms with van der Waals surface area (Å²) in [6.45, 7) is 0. The van der Waals surface area contributed by atoms with Gasteiger partial charge in [0.1, 0.15) is 0 Å². The number of nitrogens with zero attached hydrogens (tertiary/aromatic N) is 3. The molecule has 0 bridgehead atoms. The monoisotopic (exact) mass is 521 g/mol. The average molecular weight is 522 g/mol. The molecule has 0 saturated heterocycles. The summed E-state index contributed by atoms with van der Waals surface area (Å²) in [5.41, 5.74) is 12.6. The Hall–Kier alpha value is -5.54. The summed E-state index contributed by atoms with van der Waals surface area (Å²) in [5, 5.41) is 3.64. The maximum Gasteiger partial charge on any atom is 0.160 e. The van der Waals surface area contributed by atoms with Crippen molar-refractivity contribution in [3.8, 4) is 50.6 Å². The standard InChI is InChI=1S/C38H23N3/c1-2-12-27(13-3-1)41-34-19-7-6-15-29(34)32-23-25(20-21-35(32)41)24-10-8-11-26(22-24)38-39-33-18-9-17-30-28-14-4-5-16-31(28)37(40-38)36(30)33/h1-23H. The lowest BCUT2D eigenvalue weighted by atomic mass is 10.0. The number of rotatable bonds is 3. The third-order valence-corrected chi connectivity index (χ3v) is 8.34. The molecule has 0 atom stereocenters. The Morgan fingerprint density at radius 1 is 0.439 bits per heavy atom. The van der Waals surface area contributed by atoms with Crippen molar-refractivity contribution in [2.75, 3.05) is 0 Å². The molecule has 41 heavy (non-hydrogen) atoms. The second-order valence-electron chi connectivity index (χ2n) is 10.6. The Morgan fingerprint density at radius 3 is 2.07 bits per heavy atom. The van der Waals surface area contributed by atoms with Gasteiger partial charge in [0.15, 0.2) is 5.82 Å². The van der Waals surface area contributed by atoms with Gasteiger partial charge in [-0.05, 0) is 64.7 Å². The predicted octanol–water partition coefficient (Wildman–Crippen LogP) is 9.71. The van der Waals surface area contributed by atoms with Gasteiger partial charge in [0.25, 0.3) is 0 Å². The summed E-state index contributed by atoms with van der Waals surface area (Å²) >= 11 is 0. The molecule has 0 aliphatic heterocycles. The Balaban J connectivity index is 1.20. The molecule has 8 aromatic rings. The second-order valence-corrected chi connectivity index (χ2v) is 10.6. The van der Waals surface area contributed by atoms with Crippen LogP contribution in [0.1, 0.15) is 0 Å². The van der Waals surface area contributed by atoms with E-state index >= 15 is 0 Å². The third-order valence-electron chi connectivity index (χ3n) is 8.34. The highest BCUT2D eigenvalue weighted by Gasteiger charge is 2.24. The van der Waals surface area contributed by atoms with Crippen LogP contribution in [0.3, 0.4) is 0 Å². The minimum atomic E-state index is 0.755. The van der Waals surface area contributed by atoms with E-state index in [1.165, 1.54) is 49.7 Å². The van der Waals surface area contributed by atoms with Crippen molar-refractivity contribution >= 4 is 32.7 Å². The number of aromatic nitrogens is 3. The predicted molar refractivity (Wildman–Crippen MR) is 169 cm³/mol. The lowest BCUT2D eigenvalue weighted by molar-refractivity contribution is 1.18. The summed E-state index contributed by atoms with van der Waals surface area (Å²) < 4.78 is 2.35. The largest absolute Gasteiger partial charge is 0.309 e. The molecule has 190 valence electrons. The number of hydrogen-bond donors (Lipinski definition) is 0. The zero-order valence-electron chi connectivity index (χ0n) is 22.1. The normalized spacial score (nSPS) is 11.9. The van der Waals surface area contributed by atoms with E-state index in [0.717, 1.165) is 33.5 Å². The fourth-order valence-corrected chi connectivity index (χ4v) is 6.50. The molecule has 2 aromatic heterocycles. The van der Waals surface area contributed by atoms with Crippen LogP contribution in [0.4, 0.5) is 0 Å². The van der Waals surface area contributed by atoms with Crippen molar-refractivity contribution < 1.29 is 0 Å². The first-order valence-corrected chi connectivity index (χ1v) is 13.9. The molecule has 9 rings (SSSR count). The van der Waals surface area contributed by atoms with Crippen molar-refractivity contribution in [2.45, 2.75) is 0 Å². The zero-order valence-corrected chi connectivity index (χ0v) is 22.1. The molecule has 0 unspecified atom stereocenters. The molecule has 3 heteroatoms. The second kappa shape index (κ2) is 8.48. The SMILES string of the molecule is c1ccc(-n2c3ccccc3c3cc(-c4cccc(-c5nc6c7c(cccc7n5)-c5ccccc5-6)c4)ccc32)cc1. The first-order chi connectivity index (χ1) is 20.3. The van der Waals surface area contributed by atoms with Crippen LogP contribution in [0.25, 0.3) is 83.3 Å². The molecule has 0 fully saturated rings. The molecular weight excluding hydrogens is 498 g/mol. The highest BCUT2D eigenvalue weighted by atomic mass is 15.0. The van der Waals surface area contributed by atoms with Crippen molar-refractivity contribution in [2.24, 2.45) is 0 Å². The third kappa shape index (κ3) is 3.26. The lowest BCUT2D eigenvalue weighted by Gasteiger charge is -2.09. The van der Waals surface area contributed by atoms with Gasteiger partial charge in [-0.1, -0.05) is 97.1 Å². The first-order valence-electron chi connectivity index (χ1n) is 13.9. The number of benzene rings is 6. The molecule has 1 aliphatic rings. The van der Waals surface area contributed by atoms with E-state index in [-0.39, 0.29) is 0 Å². The van der Waals surface area contributed by atoms with Crippen LogP contribution in [0.15, 0.2) is 140 Å². The van der Waals surface area contributed by atoms with Gasteiger partial charge < -0.3 is 4.57 Å². The van der Waals surface area contributed by atoms with Crippen LogP contribution in [0.2, 0.25) is 0 Å². The van der Waals surface area contributed by atoms with Gasteiger partial charge in [0.05, 0.1) is 22.2 Å². The van der Waals surface area contributed by atoms with E-state index in [1.54, 1.807) is 0 Å². The molecule has 0 saturated carbocycles. The number of fused-ring (bicyclic) bond motifs is 6. The minimum absolute atomic E-state index is 0.755. The van der Waals surface area contributed by atoms with E-state index in [2.05, 4.69) is 144 Å². The summed E-state index contributed by atoms with van der Waals surface area (Å²) in [6, 6.07) is 49.5. The Labute approximate surface area is 237 Å². The van der Waals surface area contributed by atoms with E-state index < -0.39 is 0 Å². The fourth-order valence-electron chi connectivity index (χ4n) is 6.50. The van der Waals surface area contributed by atoms with Crippen molar-refractivity contribution in [1.29, 1.82) is 0 Å². The average Bonchev–Trinajstić information content (AvgIpc) is 3.55. The summed E-state index contributed by atoms with van der Waals surface area (Å²) in [5.74, 6) is 0.755. The van der Waals surface area contributed by atoms with Crippen molar-refractivity contribution in [1.82, 2.24) is 14.5 Å². The van der Waals surface area contributed by atoms with Gasteiger partial charge in [0, 0.05) is 33.0 Å². The van der Waals surface area contributed by atoms with Gasteiger partial charge in [-0.25, -0.2) is 9.97 Å². The topological polar surface area (TPSA) is 30.7 Å². The summed E-state index contributed by atoms with van der Waals surface area (Å²) in [4.78, 5) is 10.2. The van der Waals surface area contributed by atoms with Gasteiger partial charge >= 0.3 is 0 Å². The smallest absolute Gasteiger partial charge is 0.160 e. The van der Waals surface area contributed by atoms with Crippen LogP contribution in [0, 0.1) is 0 Å². The van der Waals surface area contributed by atoms with E-state index in [9.17, 15) is 0 Å². The van der Waals surface area contributed by atoms with Gasteiger partial charge in [-0.15, -0.1) is 0 Å². The molecule has 0 amide bonds. The quantitative estimate of drug-likeness (QED) is 0.232. The maximum absolute atomic E-state index is 5.13. The molecule has 2 heterocycles. The van der Waals surface area contributed by atoms with Crippen molar-refractivity contribution in [3.63, 3.8) is 0 Å². The number of para-hydroxylation sites is 2. The lowest BCUT2D eigenvalue weighted by Crippen LogP contribution is -1.93. The van der Waals surface area contributed by atoms with Crippen LogP contribution in [-0.4, -0.2) is 14.5 Å². The molecular formula is C38H23N3. The van der Waals surface area contributed by atoms with E-state index in [0.29, 0.717) is 0 Å². The van der Waals surface area contributed by atoms with Crippen molar-refractivity contribution in [3.05, 3.63) is 140 Å². The number of hydrogen-bond acceptors (Lipinski definition) is 2. The van der Waals surface area contributed by atoms with Gasteiger partial charge in [-0.3, -0.25) is 0 Å². The van der Waals surface area contributed by atoms with Gasteiger partial charge in [-0.2, -0.15) is 0 Å². The van der Waals surface area contributed by atoms with E-state index in [1.807, 2.05) is 0 Å². The first kappa shape index (κ1) is 22.3. The molecule has 0 N–H and O–H groups in total. The fraction of sp³-hybridized carbons (Fsp3) is 0. The van der Waals surface area contributed by atoms with Crippen LogP contribution in [0.5, 0.6) is 0 Å². The molecule has 6 aromatic carbocycles. The van der Waals surface area contributed by atoms with Crippen LogP contribution in [-0.2, 0) is 0 Å². The zero-order chi connectivity index (χ0) is 26.9. The molecule has 3 nitrogen and oxygen atoms in total.